The van der Waals surface area contributed by atoms with Gasteiger partial charge in [0, 0.05) is 17.2 Å². The Morgan fingerprint density at radius 2 is 1.94 bits per heavy atom. The molecule has 1 aliphatic rings. The van der Waals surface area contributed by atoms with E-state index in [1.807, 2.05) is 13.8 Å². The van der Waals surface area contributed by atoms with E-state index in [1.54, 1.807) is 0 Å². The molecule has 1 aliphatic carbocycles. The fraction of sp³-hybridized carbons (Fsp3) is 0.692. The maximum atomic E-state index is 12.1. The van der Waals surface area contributed by atoms with Gasteiger partial charge in [-0.2, -0.15) is 5.10 Å². The van der Waals surface area contributed by atoms with Gasteiger partial charge < -0.3 is 5.32 Å². The molecule has 1 aromatic heterocycles. The van der Waals surface area contributed by atoms with Crippen LogP contribution in [0, 0.1) is 25.7 Å². The van der Waals surface area contributed by atoms with Gasteiger partial charge in [0.25, 0.3) is 0 Å². The Bertz CT molecular complexity index is 403. The van der Waals surface area contributed by atoms with Crippen LogP contribution in [0.5, 0.6) is 0 Å². The molecule has 0 radical (unpaired) electrons. The molecule has 0 bridgehead atoms. The van der Waals surface area contributed by atoms with E-state index < -0.39 is 0 Å². The van der Waals surface area contributed by atoms with Crippen molar-refractivity contribution in [2.45, 2.75) is 46.5 Å². The first kappa shape index (κ1) is 12.1. The smallest absolute Gasteiger partial charge is 0.228 e. The van der Waals surface area contributed by atoms with Gasteiger partial charge in [0.05, 0.1) is 0 Å². The highest BCUT2D eigenvalue weighted by Crippen LogP contribution is 2.29. The third kappa shape index (κ3) is 2.68. The first-order chi connectivity index (χ1) is 8.08. The van der Waals surface area contributed by atoms with E-state index in [1.165, 1.54) is 0 Å². The fourth-order valence-corrected chi connectivity index (χ4v) is 2.35. The second kappa shape index (κ2) is 4.90. The molecule has 17 heavy (non-hydrogen) atoms. The van der Waals surface area contributed by atoms with Gasteiger partial charge in [-0.25, -0.2) is 0 Å². The summed E-state index contributed by atoms with van der Waals surface area (Å²) in [6.07, 6.45) is 4.35. The molecule has 0 spiro atoms. The molecule has 1 aromatic rings. The first-order valence-electron chi connectivity index (χ1n) is 6.40. The largest absolute Gasteiger partial charge is 0.309 e. The molecule has 2 rings (SSSR count). The summed E-state index contributed by atoms with van der Waals surface area (Å²) in [5, 5.41) is 9.93. The molecule has 0 atom stereocenters. The molecular formula is C13H21N3O. The van der Waals surface area contributed by atoms with Crippen LogP contribution in [0.3, 0.4) is 0 Å². The summed E-state index contributed by atoms with van der Waals surface area (Å²) >= 11 is 0. The molecule has 1 heterocycles. The fourth-order valence-electron chi connectivity index (χ4n) is 2.35. The number of nitrogens with one attached hydrogen (secondary N) is 2. The summed E-state index contributed by atoms with van der Waals surface area (Å²) < 4.78 is 0. The monoisotopic (exact) mass is 235 g/mol. The standard InChI is InChI=1S/C13H21N3O/c1-8-4-6-11(7-5-8)13(17)14-12-9(2)10(3)15-16-12/h8,11H,4-7H2,1-3H3,(H2,14,15,16,17). The van der Waals surface area contributed by atoms with E-state index in [2.05, 4.69) is 22.4 Å². The van der Waals surface area contributed by atoms with Gasteiger partial charge in [0.1, 0.15) is 0 Å². The summed E-state index contributed by atoms with van der Waals surface area (Å²) in [5.41, 5.74) is 2.04. The molecule has 0 unspecified atom stereocenters. The number of nitrogens with zero attached hydrogens (tertiary/aromatic N) is 1. The Morgan fingerprint density at radius 3 is 2.47 bits per heavy atom. The van der Waals surface area contributed by atoms with Gasteiger partial charge in [-0.1, -0.05) is 6.92 Å². The molecule has 94 valence electrons. The molecule has 4 heteroatoms. The van der Waals surface area contributed by atoms with Crippen LogP contribution >= 0.6 is 0 Å². The zero-order valence-corrected chi connectivity index (χ0v) is 10.8. The van der Waals surface area contributed by atoms with Gasteiger partial charge in [-0.15, -0.1) is 0 Å². The van der Waals surface area contributed by atoms with Crippen LogP contribution < -0.4 is 5.32 Å². The number of amides is 1. The highest BCUT2D eigenvalue weighted by Gasteiger charge is 2.25. The highest BCUT2D eigenvalue weighted by molar-refractivity contribution is 5.92. The third-order valence-corrected chi connectivity index (χ3v) is 3.88. The van der Waals surface area contributed by atoms with E-state index in [9.17, 15) is 4.79 Å². The second-order valence-electron chi connectivity index (χ2n) is 5.27. The summed E-state index contributed by atoms with van der Waals surface area (Å²) in [4.78, 5) is 12.1. The minimum Gasteiger partial charge on any atom is -0.309 e. The van der Waals surface area contributed by atoms with E-state index in [0.29, 0.717) is 5.82 Å². The summed E-state index contributed by atoms with van der Waals surface area (Å²) in [6.45, 7) is 6.19. The predicted octanol–water partition coefficient (Wildman–Crippen LogP) is 2.79. The van der Waals surface area contributed by atoms with Gasteiger partial charge >= 0.3 is 0 Å². The molecule has 1 saturated carbocycles. The maximum absolute atomic E-state index is 12.1. The zero-order valence-electron chi connectivity index (χ0n) is 10.8. The lowest BCUT2D eigenvalue weighted by atomic mass is 9.82. The molecule has 1 amide bonds. The topological polar surface area (TPSA) is 57.8 Å². The lowest BCUT2D eigenvalue weighted by molar-refractivity contribution is -0.121. The number of aromatic amines is 1. The summed E-state index contributed by atoms with van der Waals surface area (Å²) in [7, 11) is 0. The van der Waals surface area contributed by atoms with Crippen molar-refractivity contribution >= 4 is 11.7 Å². The molecule has 2 N–H and O–H groups in total. The van der Waals surface area contributed by atoms with E-state index in [-0.39, 0.29) is 11.8 Å². The van der Waals surface area contributed by atoms with E-state index in [0.717, 1.165) is 42.9 Å². The molecule has 0 saturated heterocycles. The number of hydrogen-bond acceptors (Lipinski definition) is 2. The number of aryl methyl sites for hydroxylation is 1. The quantitative estimate of drug-likeness (QED) is 0.828. The normalized spacial score (nSPS) is 24.6. The molecule has 4 nitrogen and oxygen atoms in total. The lowest BCUT2D eigenvalue weighted by Crippen LogP contribution is -2.27. The number of aromatic nitrogens is 2. The van der Waals surface area contributed by atoms with Crippen molar-refractivity contribution in [3.05, 3.63) is 11.3 Å². The van der Waals surface area contributed by atoms with Crippen LogP contribution in [0.4, 0.5) is 5.82 Å². The van der Waals surface area contributed by atoms with Crippen molar-refractivity contribution < 1.29 is 4.79 Å². The lowest BCUT2D eigenvalue weighted by Gasteiger charge is -2.24. The van der Waals surface area contributed by atoms with Gasteiger partial charge in [-0.3, -0.25) is 9.89 Å². The number of carbonyl (C=O) groups is 1. The predicted molar refractivity (Wildman–Crippen MR) is 67.8 cm³/mol. The van der Waals surface area contributed by atoms with Crippen LogP contribution in [0.1, 0.15) is 43.9 Å². The number of hydrogen-bond donors (Lipinski definition) is 2. The van der Waals surface area contributed by atoms with E-state index >= 15 is 0 Å². The second-order valence-corrected chi connectivity index (χ2v) is 5.27. The number of rotatable bonds is 2. The van der Waals surface area contributed by atoms with Crippen LogP contribution in [-0.2, 0) is 4.79 Å². The summed E-state index contributed by atoms with van der Waals surface area (Å²) in [5.74, 6) is 1.76. The van der Waals surface area contributed by atoms with Crippen LogP contribution in [0.15, 0.2) is 0 Å². The molecule has 0 aromatic carbocycles. The van der Waals surface area contributed by atoms with Crippen molar-refractivity contribution in [1.82, 2.24) is 10.2 Å². The Balaban J connectivity index is 1.95. The molecule has 0 aliphatic heterocycles. The molecule has 1 fully saturated rings. The van der Waals surface area contributed by atoms with Crippen molar-refractivity contribution in [2.75, 3.05) is 5.32 Å². The molecular weight excluding hydrogens is 214 g/mol. The zero-order chi connectivity index (χ0) is 12.4. The number of anilines is 1. The average Bonchev–Trinajstić information content (AvgIpc) is 2.62. The Morgan fingerprint density at radius 1 is 1.29 bits per heavy atom. The van der Waals surface area contributed by atoms with Crippen LogP contribution in [0.2, 0.25) is 0 Å². The SMILES string of the molecule is Cc1[nH]nc(NC(=O)C2CCC(C)CC2)c1C. The highest BCUT2D eigenvalue weighted by atomic mass is 16.1. The van der Waals surface area contributed by atoms with Gasteiger partial charge in [-0.05, 0) is 45.4 Å². The van der Waals surface area contributed by atoms with Crippen molar-refractivity contribution in [2.24, 2.45) is 11.8 Å². The third-order valence-electron chi connectivity index (χ3n) is 3.88. The summed E-state index contributed by atoms with van der Waals surface area (Å²) in [6, 6.07) is 0. The van der Waals surface area contributed by atoms with Crippen molar-refractivity contribution in [3.8, 4) is 0 Å². The van der Waals surface area contributed by atoms with Crippen LogP contribution in [0.25, 0.3) is 0 Å². The number of H-pyrrole nitrogens is 1. The van der Waals surface area contributed by atoms with Gasteiger partial charge in [0.15, 0.2) is 5.82 Å². The Labute approximate surface area is 102 Å². The minimum absolute atomic E-state index is 0.131. The number of carbonyl (C=O) groups excluding carboxylic acids is 1. The Kier molecular flexibility index (Phi) is 3.50. The van der Waals surface area contributed by atoms with Crippen molar-refractivity contribution in [3.63, 3.8) is 0 Å². The minimum atomic E-state index is 0.131. The first-order valence-corrected chi connectivity index (χ1v) is 6.40. The maximum Gasteiger partial charge on any atom is 0.228 e. The van der Waals surface area contributed by atoms with Gasteiger partial charge in [0.2, 0.25) is 5.91 Å². The van der Waals surface area contributed by atoms with Crippen LogP contribution in [-0.4, -0.2) is 16.1 Å². The Hall–Kier alpha value is -1.32. The van der Waals surface area contributed by atoms with Crippen molar-refractivity contribution in [1.29, 1.82) is 0 Å². The average molecular weight is 235 g/mol. The van der Waals surface area contributed by atoms with E-state index in [4.69, 9.17) is 0 Å².